The second-order valence-corrected chi connectivity index (χ2v) is 3.96. The standard InChI is InChI=1S/C10H21NO2/c1-8(7-12)11-9-3-5-10(13-2)6-4-9/h8-12H,3-7H2,1-2H3/t8-,9?,10?/m0/s1. The molecule has 13 heavy (non-hydrogen) atoms. The van der Waals surface area contributed by atoms with Gasteiger partial charge in [-0.3, -0.25) is 0 Å². The van der Waals surface area contributed by atoms with Crippen molar-refractivity contribution in [3.63, 3.8) is 0 Å². The lowest BCUT2D eigenvalue weighted by atomic mass is 9.92. The summed E-state index contributed by atoms with van der Waals surface area (Å²) in [5.74, 6) is 0. The van der Waals surface area contributed by atoms with Crippen LogP contribution in [0.4, 0.5) is 0 Å². The minimum atomic E-state index is 0.226. The van der Waals surface area contributed by atoms with Crippen molar-refractivity contribution in [2.45, 2.75) is 50.8 Å². The number of ether oxygens (including phenoxy) is 1. The maximum Gasteiger partial charge on any atom is 0.0582 e. The van der Waals surface area contributed by atoms with E-state index in [9.17, 15) is 0 Å². The third-order valence-electron chi connectivity index (χ3n) is 2.80. The second-order valence-electron chi connectivity index (χ2n) is 3.96. The molecule has 78 valence electrons. The van der Waals surface area contributed by atoms with E-state index in [2.05, 4.69) is 5.32 Å². The van der Waals surface area contributed by atoms with E-state index in [1.807, 2.05) is 6.92 Å². The highest BCUT2D eigenvalue weighted by Crippen LogP contribution is 2.20. The average molecular weight is 187 g/mol. The van der Waals surface area contributed by atoms with E-state index < -0.39 is 0 Å². The summed E-state index contributed by atoms with van der Waals surface area (Å²) in [6.45, 7) is 2.24. The van der Waals surface area contributed by atoms with Gasteiger partial charge in [-0.1, -0.05) is 0 Å². The van der Waals surface area contributed by atoms with Gasteiger partial charge in [0.05, 0.1) is 12.7 Å². The van der Waals surface area contributed by atoms with Crippen molar-refractivity contribution in [1.82, 2.24) is 5.32 Å². The molecule has 0 radical (unpaired) electrons. The van der Waals surface area contributed by atoms with E-state index in [-0.39, 0.29) is 12.6 Å². The van der Waals surface area contributed by atoms with Crippen LogP contribution in [0.2, 0.25) is 0 Å². The summed E-state index contributed by atoms with van der Waals surface area (Å²) in [4.78, 5) is 0. The van der Waals surface area contributed by atoms with Gasteiger partial charge in [0.2, 0.25) is 0 Å². The van der Waals surface area contributed by atoms with Crippen molar-refractivity contribution < 1.29 is 9.84 Å². The lowest BCUT2D eigenvalue weighted by Crippen LogP contribution is -2.41. The van der Waals surface area contributed by atoms with E-state index in [4.69, 9.17) is 9.84 Å². The third-order valence-corrected chi connectivity index (χ3v) is 2.80. The molecule has 1 atom stereocenters. The first kappa shape index (κ1) is 11.0. The van der Waals surface area contributed by atoms with Crippen molar-refractivity contribution in [2.75, 3.05) is 13.7 Å². The zero-order chi connectivity index (χ0) is 9.68. The van der Waals surface area contributed by atoms with Crippen molar-refractivity contribution >= 4 is 0 Å². The molecule has 2 N–H and O–H groups in total. The topological polar surface area (TPSA) is 41.5 Å². The van der Waals surface area contributed by atoms with Crippen LogP contribution in [0.5, 0.6) is 0 Å². The van der Waals surface area contributed by atoms with E-state index >= 15 is 0 Å². The van der Waals surface area contributed by atoms with Gasteiger partial charge in [-0.15, -0.1) is 0 Å². The Labute approximate surface area is 80.5 Å². The second kappa shape index (κ2) is 5.58. The molecule has 1 fully saturated rings. The van der Waals surface area contributed by atoms with Crippen LogP contribution >= 0.6 is 0 Å². The van der Waals surface area contributed by atoms with Gasteiger partial charge in [0, 0.05) is 19.2 Å². The molecule has 0 aromatic rings. The smallest absolute Gasteiger partial charge is 0.0582 e. The van der Waals surface area contributed by atoms with Crippen LogP contribution in [0.25, 0.3) is 0 Å². The molecule has 1 aliphatic rings. The fourth-order valence-corrected chi connectivity index (χ4v) is 1.92. The first-order chi connectivity index (χ1) is 6.26. The largest absolute Gasteiger partial charge is 0.395 e. The summed E-state index contributed by atoms with van der Waals surface area (Å²) < 4.78 is 5.29. The molecule has 0 aromatic carbocycles. The van der Waals surface area contributed by atoms with Crippen molar-refractivity contribution in [2.24, 2.45) is 0 Å². The summed E-state index contributed by atoms with van der Waals surface area (Å²) in [7, 11) is 1.79. The fourth-order valence-electron chi connectivity index (χ4n) is 1.92. The molecule has 1 saturated carbocycles. The molecule has 1 rings (SSSR count). The van der Waals surface area contributed by atoms with Crippen LogP contribution in [-0.2, 0) is 4.74 Å². The zero-order valence-electron chi connectivity index (χ0n) is 8.62. The van der Waals surface area contributed by atoms with Crippen LogP contribution in [0.15, 0.2) is 0 Å². The van der Waals surface area contributed by atoms with Crippen LogP contribution < -0.4 is 5.32 Å². The molecule has 1 aliphatic carbocycles. The Bertz CT molecular complexity index is 133. The van der Waals surface area contributed by atoms with Crippen molar-refractivity contribution in [3.8, 4) is 0 Å². The third kappa shape index (κ3) is 3.63. The average Bonchev–Trinajstić information content (AvgIpc) is 2.19. The Morgan fingerprint density at radius 3 is 2.46 bits per heavy atom. The Kier molecular flexibility index (Phi) is 4.70. The van der Waals surface area contributed by atoms with Gasteiger partial charge in [0.1, 0.15) is 0 Å². The van der Waals surface area contributed by atoms with E-state index in [0.717, 1.165) is 12.8 Å². The number of nitrogens with one attached hydrogen (secondary N) is 1. The summed E-state index contributed by atoms with van der Waals surface area (Å²) in [5.41, 5.74) is 0. The van der Waals surface area contributed by atoms with Gasteiger partial charge in [-0.2, -0.15) is 0 Å². The highest BCUT2D eigenvalue weighted by molar-refractivity contribution is 4.79. The zero-order valence-corrected chi connectivity index (χ0v) is 8.62. The van der Waals surface area contributed by atoms with E-state index in [1.54, 1.807) is 7.11 Å². The maximum atomic E-state index is 8.88. The number of aliphatic hydroxyl groups excluding tert-OH is 1. The molecule has 3 heteroatoms. The van der Waals surface area contributed by atoms with Gasteiger partial charge >= 0.3 is 0 Å². The highest BCUT2D eigenvalue weighted by Gasteiger charge is 2.21. The molecule has 0 saturated heterocycles. The molecule has 0 aromatic heterocycles. The normalized spacial score (nSPS) is 31.6. The summed E-state index contributed by atoms with van der Waals surface area (Å²) in [5, 5.41) is 12.3. The first-order valence-electron chi connectivity index (χ1n) is 5.16. The minimum absolute atomic E-state index is 0.226. The molecule has 3 nitrogen and oxygen atoms in total. The van der Waals surface area contributed by atoms with Crippen LogP contribution in [0.3, 0.4) is 0 Å². The van der Waals surface area contributed by atoms with Crippen molar-refractivity contribution in [3.05, 3.63) is 0 Å². The summed E-state index contributed by atoms with van der Waals surface area (Å²) >= 11 is 0. The molecular weight excluding hydrogens is 166 g/mol. The van der Waals surface area contributed by atoms with Gasteiger partial charge in [0.15, 0.2) is 0 Å². The predicted octanol–water partition coefficient (Wildman–Crippen LogP) is 0.914. The Balaban J connectivity index is 2.17. The van der Waals surface area contributed by atoms with Crippen LogP contribution in [0.1, 0.15) is 32.6 Å². The first-order valence-corrected chi connectivity index (χ1v) is 5.16. The van der Waals surface area contributed by atoms with Gasteiger partial charge < -0.3 is 15.2 Å². The quantitative estimate of drug-likeness (QED) is 0.687. The molecule has 0 heterocycles. The summed E-state index contributed by atoms with van der Waals surface area (Å²) in [6.07, 6.45) is 5.09. The predicted molar refractivity (Wildman–Crippen MR) is 52.7 cm³/mol. The molecule has 0 unspecified atom stereocenters. The summed E-state index contributed by atoms with van der Waals surface area (Å²) in [6, 6.07) is 0.803. The van der Waals surface area contributed by atoms with Crippen molar-refractivity contribution in [1.29, 1.82) is 0 Å². The van der Waals surface area contributed by atoms with Crippen LogP contribution in [-0.4, -0.2) is 37.0 Å². The number of hydrogen-bond donors (Lipinski definition) is 2. The van der Waals surface area contributed by atoms with E-state index in [1.165, 1.54) is 12.8 Å². The molecule has 0 spiro atoms. The number of hydrogen-bond acceptors (Lipinski definition) is 3. The van der Waals surface area contributed by atoms with Crippen LogP contribution in [0, 0.1) is 0 Å². The highest BCUT2D eigenvalue weighted by atomic mass is 16.5. The molecule has 0 bridgehead atoms. The SMILES string of the molecule is COC1CCC(N[C@@H](C)CO)CC1. The lowest BCUT2D eigenvalue weighted by Gasteiger charge is -2.30. The monoisotopic (exact) mass is 187 g/mol. The van der Waals surface area contributed by atoms with E-state index in [0.29, 0.717) is 12.1 Å². The Morgan fingerprint density at radius 2 is 2.00 bits per heavy atom. The molecule has 0 amide bonds. The fraction of sp³-hybridized carbons (Fsp3) is 1.00. The molecule has 0 aliphatic heterocycles. The number of aliphatic hydroxyl groups is 1. The van der Waals surface area contributed by atoms with Gasteiger partial charge in [-0.05, 0) is 32.6 Å². The Hall–Kier alpha value is -0.120. The van der Waals surface area contributed by atoms with Gasteiger partial charge in [-0.25, -0.2) is 0 Å². The van der Waals surface area contributed by atoms with Gasteiger partial charge in [0.25, 0.3) is 0 Å². The minimum Gasteiger partial charge on any atom is -0.395 e. The maximum absolute atomic E-state index is 8.88. The number of methoxy groups -OCH3 is 1. The number of rotatable bonds is 4. The lowest BCUT2D eigenvalue weighted by molar-refractivity contribution is 0.0602. The Morgan fingerprint density at radius 1 is 1.38 bits per heavy atom. The molecular formula is C10H21NO2.